The van der Waals surface area contributed by atoms with E-state index in [1.807, 2.05) is 6.92 Å². The van der Waals surface area contributed by atoms with Crippen LogP contribution in [0.15, 0.2) is 34.8 Å². The van der Waals surface area contributed by atoms with Crippen LogP contribution in [0.4, 0.5) is 4.39 Å². The molecule has 2 rings (SSSR count). The molecule has 1 aromatic carbocycles. The van der Waals surface area contributed by atoms with Crippen LogP contribution in [0.5, 0.6) is 11.6 Å². The molecule has 0 spiro atoms. The van der Waals surface area contributed by atoms with Crippen LogP contribution >= 0.6 is 28.1 Å². The van der Waals surface area contributed by atoms with Crippen molar-refractivity contribution in [2.24, 2.45) is 5.73 Å². The Morgan fingerprint density at radius 2 is 2.11 bits per heavy atom. The molecule has 2 aromatic rings. The molecule has 2 N–H and O–H groups in total. The molecular formula is C13H10BrFN2OS. The lowest BCUT2D eigenvalue weighted by Gasteiger charge is -2.08. The van der Waals surface area contributed by atoms with E-state index in [-0.39, 0.29) is 10.8 Å². The number of aromatic nitrogens is 1. The van der Waals surface area contributed by atoms with Gasteiger partial charge in [-0.05, 0) is 47.1 Å². The van der Waals surface area contributed by atoms with Gasteiger partial charge in [0.05, 0.1) is 4.47 Å². The largest absolute Gasteiger partial charge is 0.439 e. The van der Waals surface area contributed by atoms with Gasteiger partial charge in [0.15, 0.2) is 0 Å². The summed E-state index contributed by atoms with van der Waals surface area (Å²) in [4.78, 5) is 4.49. The highest BCUT2D eigenvalue weighted by molar-refractivity contribution is 9.10. The van der Waals surface area contributed by atoms with E-state index in [1.165, 1.54) is 18.2 Å². The monoisotopic (exact) mass is 340 g/mol. The molecule has 1 heterocycles. The third-order valence-electron chi connectivity index (χ3n) is 2.33. The minimum Gasteiger partial charge on any atom is -0.439 e. The second kappa shape index (κ2) is 5.63. The zero-order valence-electron chi connectivity index (χ0n) is 9.98. The van der Waals surface area contributed by atoms with Gasteiger partial charge in [0, 0.05) is 17.3 Å². The van der Waals surface area contributed by atoms with Crippen LogP contribution in [0.3, 0.4) is 0 Å². The van der Waals surface area contributed by atoms with Crippen LogP contribution in [0.2, 0.25) is 0 Å². The van der Waals surface area contributed by atoms with Gasteiger partial charge in [-0.25, -0.2) is 9.37 Å². The molecule has 1 aromatic heterocycles. The Balaban J connectivity index is 2.32. The van der Waals surface area contributed by atoms with Gasteiger partial charge in [0.25, 0.3) is 0 Å². The average molecular weight is 341 g/mol. The highest BCUT2D eigenvalue weighted by atomic mass is 79.9. The predicted octanol–water partition coefficient (Wildman–Crippen LogP) is 3.72. The maximum atomic E-state index is 13.1. The van der Waals surface area contributed by atoms with Crippen LogP contribution in [0.25, 0.3) is 0 Å². The predicted molar refractivity (Wildman–Crippen MR) is 79.0 cm³/mol. The van der Waals surface area contributed by atoms with E-state index in [0.717, 1.165) is 5.69 Å². The van der Waals surface area contributed by atoms with Crippen molar-refractivity contribution in [1.82, 2.24) is 4.98 Å². The number of aryl methyl sites for hydroxylation is 1. The maximum absolute atomic E-state index is 13.1. The van der Waals surface area contributed by atoms with E-state index in [2.05, 4.69) is 20.9 Å². The number of benzene rings is 1. The van der Waals surface area contributed by atoms with Crippen LogP contribution in [-0.2, 0) is 0 Å². The van der Waals surface area contributed by atoms with Crippen molar-refractivity contribution in [2.75, 3.05) is 0 Å². The van der Waals surface area contributed by atoms with Crippen LogP contribution in [0.1, 0.15) is 11.3 Å². The molecule has 6 heteroatoms. The number of ether oxygens (including phenoxy) is 1. The summed E-state index contributed by atoms with van der Waals surface area (Å²) >= 11 is 8.02. The second-order valence-electron chi connectivity index (χ2n) is 3.88. The minimum absolute atomic E-state index is 0.274. The summed E-state index contributed by atoms with van der Waals surface area (Å²) in [5, 5.41) is 0. The maximum Gasteiger partial charge on any atom is 0.220 e. The van der Waals surface area contributed by atoms with Gasteiger partial charge in [-0.2, -0.15) is 0 Å². The molecule has 0 radical (unpaired) electrons. The summed E-state index contributed by atoms with van der Waals surface area (Å²) in [5.41, 5.74) is 7.00. The second-order valence-corrected chi connectivity index (χ2v) is 5.17. The number of halogens is 2. The molecule has 0 aliphatic heterocycles. The Bertz CT molecular complexity index is 649. The number of rotatable bonds is 3. The molecule has 0 aliphatic rings. The highest BCUT2D eigenvalue weighted by Crippen LogP contribution is 2.26. The molecule has 0 aliphatic carbocycles. The summed E-state index contributed by atoms with van der Waals surface area (Å²) in [6, 6.07) is 7.77. The van der Waals surface area contributed by atoms with E-state index in [0.29, 0.717) is 21.7 Å². The third-order valence-corrected chi connectivity index (χ3v) is 3.17. The van der Waals surface area contributed by atoms with Crippen LogP contribution in [-0.4, -0.2) is 9.97 Å². The van der Waals surface area contributed by atoms with Crippen molar-refractivity contribution in [2.45, 2.75) is 6.92 Å². The molecule has 19 heavy (non-hydrogen) atoms. The quantitative estimate of drug-likeness (QED) is 0.865. The number of hydrogen-bond acceptors (Lipinski definition) is 3. The number of thiocarbonyl (C=S) groups is 1. The van der Waals surface area contributed by atoms with Gasteiger partial charge >= 0.3 is 0 Å². The zero-order valence-corrected chi connectivity index (χ0v) is 12.4. The van der Waals surface area contributed by atoms with Crippen molar-refractivity contribution in [3.8, 4) is 11.6 Å². The molecule has 0 atom stereocenters. The summed E-state index contributed by atoms with van der Waals surface area (Å²) in [6.45, 7) is 1.81. The molecule has 3 nitrogen and oxygen atoms in total. The first-order valence-corrected chi connectivity index (χ1v) is 6.57. The van der Waals surface area contributed by atoms with E-state index < -0.39 is 0 Å². The summed E-state index contributed by atoms with van der Waals surface area (Å²) < 4.78 is 19.0. The van der Waals surface area contributed by atoms with Gasteiger partial charge in [-0.1, -0.05) is 12.2 Å². The number of hydrogen-bond donors (Lipinski definition) is 1. The minimum atomic E-state index is -0.353. The first-order valence-electron chi connectivity index (χ1n) is 5.37. The Labute approximate surface area is 123 Å². The van der Waals surface area contributed by atoms with Crippen molar-refractivity contribution in [1.29, 1.82) is 0 Å². The van der Waals surface area contributed by atoms with E-state index in [9.17, 15) is 4.39 Å². The SMILES string of the molecule is Cc1cc(C(N)=S)cc(Oc2ccc(F)c(Br)c2)n1. The molecule has 0 unspecified atom stereocenters. The number of pyridine rings is 1. The molecule has 0 bridgehead atoms. The van der Waals surface area contributed by atoms with Crippen molar-refractivity contribution >= 4 is 33.1 Å². The lowest BCUT2D eigenvalue weighted by atomic mass is 10.2. The van der Waals surface area contributed by atoms with Gasteiger partial charge in [0.2, 0.25) is 5.88 Å². The van der Waals surface area contributed by atoms with E-state index in [4.69, 9.17) is 22.7 Å². The summed E-state index contributed by atoms with van der Waals surface area (Å²) in [5.74, 6) is 0.481. The van der Waals surface area contributed by atoms with Crippen LogP contribution < -0.4 is 10.5 Å². The van der Waals surface area contributed by atoms with Gasteiger partial charge in [-0.15, -0.1) is 0 Å². The Morgan fingerprint density at radius 1 is 1.37 bits per heavy atom. The zero-order chi connectivity index (χ0) is 14.0. The first kappa shape index (κ1) is 13.9. The Kier molecular flexibility index (Phi) is 4.11. The lowest BCUT2D eigenvalue weighted by molar-refractivity contribution is 0.459. The van der Waals surface area contributed by atoms with Crippen molar-refractivity contribution in [3.05, 3.63) is 51.9 Å². The topological polar surface area (TPSA) is 48.1 Å². The van der Waals surface area contributed by atoms with Gasteiger partial charge in [-0.3, -0.25) is 0 Å². The smallest absolute Gasteiger partial charge is 0.220 e. The summed E-state index contributed by atoms with van der Waals surface area (Å²) in [7, 11) is 0. The molecule has 0 saturated carbocycles. The fourth-order valence-electron chi connectivity index (χ4n) is 1.49. The number of nitrogens with zero attached hydrogens (tertiary/aromatic N) is 1. The van der Waals surface area contributed by atoms with E-state index >= 15 is 0 Å². The fraction of sp³-hybridized carbons (Fsp3) is 0.0769. The first-order chi connectivity index (χ1) is 8.95. The van der Waals surface area contributed by atoms with Crippen molar-refractivity contribution in [3.63, 3.8) is 0 Å². The summed E-state index contributed by atoms with van der Waals surface area (Å²) in [6.07, 6.45) is 0. The molecule has 98 valence electrons. The molecular weight excluding hydrogens is 331 g/mol. The van der Waals surface area contributed by atoms with E-state index in [1.54, 1.807) is 12.1 Å². The third kappa shape index (κ3) is 3.48. The molecule has 0 saturated heterocycles. The number of nitrogens with two attached hydrogens (primary N) is 1. The van der Waals surface area contributed by atoms with Crippen LogP contribution in [0, 0.1) is 12.7 Å². The van der Waals surface area contributed by atoms with Gasteiger partial charge in [0.1, 0.15) is 16.6 Å². The Hall–Kier alpha value is -1.53. The normalized spacial score (nSPS) is 10.3. The lowest BCUT2D eigenvalue weighted by Crippen LogP contribution is -2.10. The fourth-order valence-corrected chi connectivity index (χ4v) is 1.97. The standard InChI is InChI=1S/C13H10BrFN2OS/c1-7-4-8(13(16)19)5-12(17-7)18-9-2-3-11(15)10(14)6-9/h2-6H,1H3,(H2,16,19). The molecule has 0 fully saturated rings. The highest BCUT2D eigenvalue weighted by Gasteiger charge is 2.06. The van der Waals surface area contributed by atoms with Crippen molar-refractivity contribution < 1.29 is 9.13 Å². The Morgan fingerprint density at radius 3 is 2.74 bits per heavy atom. The molecule has 0 amide bonds. The average Bonchev–Trinajstić information content (AvgIpc) is 2.33. The van der Waals surface area contributed by atoms with Gasteiger partial charge < -0.3 is 10.5 Å².